The molecule has 0 amide bonds. The number of rotatable bonds is 3. The summed E-state index contributed by atoms with van der Waals surface area (Å²) in [5.74, 6) is 0.437. The molecule has 0 spiro atoms. The zero-order valence-corrected chi connectivity index (χ0v) is 6.90. The molecular formula is C7H13ClO. The molecule has 0 saturated heterocycles. The van der Waals surface area contributed by atoms with Crippen molar-refractivity contribution in [3.05, 3.63) is 11.1 Å². The van der Waals surface area contributed by atoms with Gasteiger partial charge in [-0.25, -0.2) is 0 Å². The Kier molecular flexibility index (Phi) is 4.83. The van der Waals surface area contributed by atoms with Crippen LogP contribution in [0.1, 0.15) is 13.8 Å². The van der Waals surface area contributed by atoms with Gasteiger partial charge >= 0.3 is 0 Å². The summed E-state index contributed by atoms with van der Waals surface area (Å²) >= 11 is 5.46. The van der Waals surface area contributed by atoms with Crippen molar-refractivity contribution >= 4 is 11.6 Å². The smallest absolute Gasteiger partial charge is 0.0525 e. The quantitative estimate of drug-likeness (QED) is 0.598. The van der Waals surface area contributed by atoms with Gasteiger partial charge in [0.25, 0.3) is 0 Å². The molecule has 1 unspecified atom stereocenters. The van der Waals surface area contributed by atoms with Crippen LogP contribution in [0.3, 0.4) is 0 Å². The van der Waals surface area contributed by atoms with E-state index in [2.05, 4.69) is 6.92 Å². The molecule has 0 aromatic rings. The van der Waals surface area contributed by atoms with E-state index in [1.807, 2.05) is 6.92 Å². The molecule has 9 heavy (non-hydrogen) atoms. The topological polar surface area (TPSA) is 9.23 Å². The number of hydrogen-bond donors (Lipinski definition) is 0. The third-order valence-corrected chi connectivity index (χ3v) is 1.71. The minimum absolute atomic E-state index is 0.437. The summed E-state index contributed by atoms with van der Waals surface area (Å²) in [6.07, 6.45) is 0. The normalized spacial score (nSPS) is 15.8. The van der Waals surface area contributed by atoms with Crippen LogP contribution in [-0.2, 0) is 4.74 Å². The van der Waals surface area contributed by atoms with Gasteiger partial charge in [-0.2, -0.15) is 0 Å². The van der Waals surface area contributed by atoms with Crippen LogP contribution >= 0.6 is 11.6 Å². The average molecular weight is 149 g/mol. The van der Waals surface area contributed by atoms with E-state index < -0.39 is 0 Å². The van der Waals surface area contributed by atoms with E-state index in [0.29, 0.717) is 5.92 Å². The molecule has 54 valence electrons. The van der Waals surface area contributed by atoms with Gasteiger partial charge in [-0.15, -0.1) is 0 Å². The van der Waals surface area contributed by atoms with Crippen LogP contribution in [0.15, 0.2) is 11.1 Å². The highest BCUT2D eigenvalue weighted by Crippen LogP contribution is 2.09. The molecule has 0 bridgehead atoms. The van der Waals surface area contributed by atoms with E-state index in [4.69, 9.17) is 16.3 Å². The minimum Gasteiger partial charge on any atom is -0.384 e. The lowest BCUT2D eigenvalue weighted by Crippen LogP contribution is -2.03. The van der Waals surface area contributed by atoms with Gasteiger partial charge in [0.2, 0.25) is 0 Å². The van der Waals surface area contributed by atoms with Crippen molar-refractivity contribution in [1.82, 2.24) is 0 Å². The summed E-state index contributed by atoms with van der Waals surface area (Å²) in [5, 5.41) is 0. The van der Waals surface area contributed by atoms with Gasteiger partial charge < -0.3 is 4.74 Å². The lowest BCUT2D eigenvalue weighted by molar-refractivity contribution is 0.172. The van der Waals surface area contributed by atoms with Crippen molar-refractivity contribution < 1.29 is 4.74 Å². The van der Waals surface area contributed by atoms with Crippen molar-refractivity contribution in [3.8, 4) is 0 Å². The van der Waals surface area contributed by atoms with Crippen LogP contribution in [0.25, 0.3) is 0 Å². The number of halogens is 1. The van der Waals surface area contributed by atoms with Crippen LogP contribution < -0.4 is 0 Å². The van der Waals surface area contributed by atoms with Crippen molar-refractivity contribution in [3.63, 3.8) is 0 Å². The highest BCUT2D eigenvalue weighted by atomic mass is 35.5. The molecule has 1 nitrogen and oxygen atoms in total. The van der Waals surface area contributed by atoms with E-state index in [-0.39, 0.29) is 0 Å². The molecule has 0 N–H and O–H groups in total. The molecule has 0 aromatic carbocycles. The Labute approximate surface area is 61.7 Å². The first-order valence-electron chi connectivity index (χ1n) is 2.98. The van der Waals surface area contributed by atoms with Crippen LogP contribution in [0.5, 0.6) is 0 Å². The van der Waals surface area contributed by atoms with Crippen LogP contribution in [0, 0.1) is 5.92 Å². The summed E-state index contributed by atoms with van der Waals surface area (Å²) in [5.41, 5.74) is 2.77. The first kappa shape index (κ1) is 8.99. The second-order valence-electron chi connectivity index (χ2n) is 2.21. The van der Waals surface area contributed by atoms with E-state index in [9.17, 15) is 0 Å². The number of hydrogen-bond acceptors (Lipinski definition) is 1. The summed E-state index contributed by atoms with van der Waals surface area (Å²) in [6, 6.07) is 0. The molecule has 0 saturated carbocycles. The molecule has 0 fully saturated rings. The lowest BCUT2D eigenvalue weighted by atomic mass is 10.1. The lowest BCUT2D eigenvalue weighted by Gasteiger charge is -2.08. The van der Waals surface area contributed by atoms with E-state index in [1.165, 1.54) is 5.57 Å². The fraction of sp³-hybridized carbons (Fsp3) is 0.714. The maximum Gasteiger partial charge on any atom is 0.0525 e. The molecule has 0 aliphatic carbocycles. The van der Waals surface area contributed by atoms with Gasteiger partial charge in [0.1, 0.15) is 0 Å². The van der Waals surface area contributed by atoms with Crippen molar-refractivity contribution in [2.24, 2.45) is 5.92 Å². The molecule has 0 aliphatic rings. The molecular weight excluding hydrogens is 136 g/mol. The third kappa shape index (κ3) is 3.55. The highest BCUT2D eigenvalue weighted by Gasteiger charge is 2.00. The molecule has 1 atom stereocenters. The molecule has 0 aromatic heterocycles. The Morgan fingerprint density at radius 2 is 2.33 bits per heavy atom. The fourth-order valence-electron chi connectivity index (χ4n) is 0.489. The second kappa shape index (κ2) is 4.83. The van der Waals surface area contributed by atoms with E-state index in [0.717, 1.165) is 6.61 Å². The summed E-state index contributed by atoms with van der Waals surface area (Å²) < 4.78 is 4.93. The average Bonchev–Trinajstić information content (AvgIpc) is 1.87. The van der Waals surface area contributed by atoms with Crippen molar-refractivity contribution in [2.45, 2.75) is 13.8 Å². The summed E-state index contributed by atoms with van der Waals surface area (Å²) in [7, 11) is 1.69. The molecule has 2 heteroatoms. The van der Waals surface area contributed by atoms with Gasteiger partial charge in [-0.3, -0.25) is 0 Å². The zero-order chi connectivity index (χ0) is 7.28. The zero-order valence-electron chi connectivity index (χ0n) is 6.15. The standard InChI is InChI=1S/C7H13ClO/c1-6(4-8)7(2)5-9-3/h4,7H,5H2,1-3H3/b6-4+. The van der Waals surface area contributed by atoms with Gasteiger partial charge in [0.15, 0.2) is 0 Å². The highest BCUT2D eigenvalue weighted by molar-refractivity contribution is 6.25. The van der Waals surface area contributed by atoms with Gasteiger partial charge in [-0.05, 0) is 6.92 Å². The number of ether oxygens (including phenoxy) is 1. The largest absolute Gasteiger partial charge is 0.384 e. The monoisotopic (exact) mass is 148 g/mol. The summed E-state index contributed by atoms with van der Waals surface area (Å²) in [4.78, 5) is 0. The first-order chi connectivity index (χ1) is 4.22. The van der Waals surface area contributed by atoms with Gasteiger partial charge in [0.05, 0.1) is 6.61 Å². The maximum absolute atomic E-state index is 5.46. The van der Waals surface area contributed by atoms with Crippen LogP contribution in [0.2, 0.25) is 0 Å². The Bertz CT molecular complexity index is 99.1. The third-order valence-electron chi connectivity index (χ3n) is 1.37. The number of methoxy groups -OCH3 is 1. The Morgan fingerprint density at radius 1 is 1.78 bits per heavy atom. The van der Waals surface area contributed by atoms with Gasteiger partial charge in [-0.1, -0.05) is 24.1 Å². The maximum atomic E-state index is 5.46. The van der Waals surface area contributed by atoms with Crippen molar-refractivity contribution in [1.29, 1.82) is 0 Å². The van der Waals surface area contributed by atoms with E-state index >= 15 is 0 Å². The predicted octanol–water partition coefficient (Wildman–Crippen LogP) is 2.41. The molecule has 0 heterocycles. The molecule has 0 radical (unpaired) electrons. The van der Waals surface area contributed by atoms with Crippen molar-refractivity contribution in [2.75, 3.05) is 13.7 Å². The fourth-order valence-corrected chi connectivity index (χ4v) is 0.704. The summed E-state index contributed by atoms with van der Waals surface area (Å²) in [6.45, 7) is 4.82. The van der Waals surface area contributed by atoms with Gasteiger partial charge in [0, 0.05) is 18.6 Å². The Morgan fingerprint density at radius 3 is 2.67 bits per heavy atom. The Balaban J connectivity index is 3.59. The first-order valence-corrected chi connectivity index (χ1v) is 3.41. The Hall–Kier alpha value is -0.0100. The second-order valence-corrected chi connectivity index (χ2v) is 2.43. The van der Waals surface area contributed by atoms with Crippen LogP contribution in [-0.4, -0.2) is 13.7 Å². The molecule has 0 aliphatic heterocycles. The predicted molar refractivity (Wildman–Crippen MR) is 40.7 cm³/mol. The molecule has 0 rings (SSSR count). The SMILES string of the molecule is COCC(C)/C(C)=C/Cl. The minimum atomic E-state index is 0.437. The van der Waals surface area contributed by atoms with Crippen LogP contribution in [0.4, 0.5) is 0 Å². The van der Waals surface area contributed by atoms with E-state index in [1.54, 1.807) is 12.6 Å².